The summed E-state index contributed by atoms with van der Waals surface area (Å²) in [6, 6.07) is 7.18. The molecule has 1 aliphatic heterocycles. The second-order valence-corrected chi connectivity index (χ2v) is 5.27. The van der Waals surface area contributed by atoms with Crippen LogP contribution in [0.25, 0.3) is 5.57 Å². The van der Waals surface area contributed by atoms with Gasteiger partial charge < -0.3 is 15.0 Å². The first-order valence-corrected chi connectivity index (χ1v) is 7.48. The molecule has 2 amide bonds. The summed E-state index contributed by atoms with van der Waals surface area (Å²) in [5.74, 6) is 0.517. The summed E-state index contributed by atoms with van der Waals surface area (Å²) in [7, 11) is 1.61. The maximum absolute atomic E-state index is 12.5. The fourth-order valence-electron chi connectivity index (χ4n) is 2.70. The molecule has 1 unspecified atom stereocenters. The van der Waals surface area contributed by atoms with Gasteiger partial charge in [0, 0.05) is 24.7 Å². The molecule has 22 heavy (non-hydrogen) atoms. The number of hydrogen-bond donors (Lipinski definition) is 1. The van der Waals surface area contributed by atoms with E-state index in [1.54, 1.807) is 18.1 Å². The fourth-order valence-corrected chi connectivity index (χ4v) is 2.70. The van der Waals surface area contributed by atoms with Gasteiger partial charge in [-0.3, -0.25) is 9.59 Å². The Morgan fingerprint density at radius 3 is 2.86 bits per heavy atom. The van der Waals surface area contributed by atoms with Crippen molar-refractivity contribution in [3.63, 3.8) is 0 Å². The third-order valence-corrected chi connectivity index (χ3v) is 3.87. The summed E-state index contributed by atoms with van der Waals surface area (Å²) in [4.78, 5) is 26.0. The number of methoxy groups -OCH3 is 1. The number of amides is 2. The highest BCUT2D eigenvalue weighted by Gasteiger charge is 2.30. The number of carbonyl (C=O) groups is 2. The van der Waals surface area contributed by atoms with Gasteiger partial charge in [-0.05, 0) is 25.0 Å². The van der Waals surface area contributed by atoms with Crippen LogP contribution in [0.5, 0.6) is 5.75 Å². The average molecular weight is 302 g/mol. The predicted octanol–water partition coefficient (Wildman–Crippen LogP) is 1.84. The predicted molar refractivity (Wildman–Crippen MR) is 85.4 cm³/mol. The van der Waals surface area contributed by atoms with E-state index in [-0.39, 0.29) is 17.9 Å². The van der Waals surface area contributed by atoms with Crippen LogP contribution in [0, 0.1) is 0 Å². The first-order chi connectivity index (χ1) is 10.6. The Hall–Kier alpha value is -2.30. The van der Waals surface area contributed by atoms with Gasteiger partial charge in [-0.2, -0.15) is 0 Å². The molecular weight excluding hydrogens is 280 g/mol. The lowest BCUT2D eigenvalue weighted by atomic mass is 10.0. The van der Waals surface area contributed by atoms with Crippen molar-refractivity contribution < 1.29 is 14.3 Å². The molecule has 1 fully saturated rings. The molecule has 0 spiro atoms. The molecule has 0 saturated carbocycles. The number of carbonyl (C=O) groups excluding carboxylic acids is 2. The first-order valence-electron chi connectivity index (χ1n) is 7.48. The molecule has 5 nitrogen and oxygen atoms in total. The second-order valence-electron chi connectivity index (χ2n) is 5.27. The highest BCUT2D eigenvalue weighted by Crippen LogP contribution is 2.25. The molecule has 118 valence electrons. The van der Waals surface area contributed by atoms with Crippen molar-refractivity contribution in [2.45, 2.75) is 26.3 Å². The average Bonchev–Trinajstić information content (AvgIpc) is 2.54. The first kappa shape index (κ1) is 16.1. The van der Waals surface area contributed by atoms with Crippen molar-refractivity contribution in [1.82, 2.24) is 10.2 Å². The van der Waals surface area contributed by atoms with Crippen LogP contribution in [0.4, 0.5) is 0 Å². The summed E-state index contributed by atoms with van der Waals surface area (Å²) < 4.78 is 5.32. The van der Waals surface area contributed by atoms with Crippen molar-refractivity contribution in [2.75, 3.05) is 20.2 Å². The van der Waals surface area contributed by atoms with Crippen molar-refractivity contribution in [2.24, 2.45) is 0 Å². The largest absolute Gasteiger partial charge is 0.496 e. The number of nitrogens with one attached hydrogen (secondary N) is 1. The smallest absolute Gasteiger partial charge is 0.247 e. The Labute approximate surface area is 130 Å². The normalized spacial score (nSPS) is 18.9. The van der Waals surface area contributed by atoms with E-state index < -0.39 is 0 Å². The summed E-state index contributed by atoms with van der Waals surface area (Å²) in [6.45, 7) is 4.83. The van der Waals surface area contributed by atoms with Crippen LogP contribution in [0.3, 0.4) is 0 Å². The van der Waals surface area contributed by atoms with E-state index in [4.69, 9.17) is 4.74 Å². The zero-order valence-electron chi connectivity index (χ0n) is 13.3. The van der Waals surface area contributed by atoms with Crippen LogP contribution in [-0.4, -0.2) is 43.0 Å². The Kier molecular flexibility index (Phi) is 5.20. The monoisotopic (exact) mass is 302 g/mol. The van der Waals surface area contributed by atoms with E-state index >= 15 is 0 Å². The lowest BCUT2D eigenvalue weighted by molar-refractivity contribution is -0.140. The molecule has 1 saturated heterocycles. The van der Waals surface area contributed by atoms with Gasteiger partial charge in [-0.25, -0.2) is 0 Å². The Bertz CT molecular complexity index is 595. The number of hydrogen-bond acceptors (Lipinski definition) is 3. The molecule has 0 radical (unpaired) electrons. The molecule has 0 aromatic heterocycles. The van der Waals surface area contributed by atoms with E-state index in [1.165, 1.54) is 0 Å². The van der Waals surface area contributed by atoms with E-state index in [0.29, 0.717) is 19.5 Å². The number of ether oxygens (including phenoxy) is 1. The Balaban J connectivity index is 2.23. The third kappa shape index (κ3) is 3.30. The molecule has 0 bridgehead atoms. The second kappa shape index (κ2) is 7.11. The SMILES string of the molecule is CCC1C(=O)NCCN1C(=O)/C=C(/C)c1ccccc1OC. The van der Waals surface area contributed by atoms with Crippen molar-refractivity contribution >= 4 is 17.4 Å². The molecular formula is C17H22N2O3. The lowest BCUT2D eigenvalue weighted by Gasteiger charge is -2.33. The summed E-state index contributed by atoms with van der Waals surface area (Å²) in [6.07, 6.45) is 2.19. The molecule has 1 heterocycles. The molecule has 0 aliphatic carbocycles. The molecule has 2 rings (SSSR count). The van der Waals surface area contributed by atoms with Gasteiger partial charge in [0.2, 0.25) is 11.8 Å². The van der Waals surface area contributed by atoms with Gasteiger partial charge in [-0.15, -0.1) is 0 Å². The zero-order chi connectivity index (χ0) is 16.1. The summed E-state index contributed by atoms with van der Waals surface area (Å²) >= 11 is 0. The lowest BCUT2D eigenvalue weighted by Crippen LogP contribution is -2.56. The Morgan fingerprint density at radius 1 is 1.45 bits per heavy atom. The highest BCUT2D eigenvalue weighted by molar-refractivity contribution is 5.98. The minimum Gasteiger partial charge on any atom is -0.496 e. The van der Waals surface area contributed by atoms with Gasteiger partial charge in [-0.1, -0.05) is 25.1 Å². The van der Waals surface area contributed by atoms with Crippen molar-refractivity contribution in [1.29, 1.82) is 0 Å². The number of nitrogens with zero attached hydrogens (tertiary/aromatic N) is 1. The molecule has 5 heteroatoms. The minimum absolute atomic E-state index is 0.0783. The maximum Gasteiger partial charge on any atom is 0.247 e. The molecule has 1 N–H and O–H groups in total. The molecule has 1 atom stereocenters. The number of para-hydroxylation sites is 1. The van der Waals surface area contributed by atoms with Crippen LogP contribution >= 0.6 is 0 Å². The molecule has 1 aliphatic rings. The number of benzene rings is 1. The topological polar surface area (TPSA) is 58.6 Å². The quantitative estimate of drug-likeness (QED) is 0.863. The van der Waals surface area contributed by atoms with Crippen LogP contribution in [-0.2, 0) is 9.59 Å². The van der Waals surface area contributed by atoms with Gasteiger partial charge in [0.25, 0.3) is 0 Å². The number of allylic oxidation sites excluding steroid dienone is 1. The van der Waals surface area contributed by atoms with Gasteiger partial charge in [0.1, 0.15) is 11.8 Å². The summed E-state index contributed by atoms with van der Waals surface area (Å²) in [5, 5.41) is 2.80. The Morgan fingerprint density at radius 2 is 2.18 bits per heavy atom. The van der Waals surface area contributed by atoms with Crippen LogP contribution in [0.2, 0.25) is 0 Å². The number of piperazine rings is 1. The van der Waals surface area contributed by atoms with Gasteiger partial charge in [0.15, 0.2) is 0 Å². The van der Waals surface area contributed by atoms with Gasteiger partial charge in [0.05, 0.1) is 7.11 Å². The van der Waals surface area contributed by atoms with Crippen molar-refractivity contribution in [3.05, 3.63) is 35.9 Å². The number of rotatable bonds is 4. The van der Waals surface area contributed by atoms with Gasteiger partial charge >= 0.3 is 0 Å². The van der Waals surface area contributed by atoms with Crippen molar-refractivity contribution in [3.8, 4) is 5.75 Å². The molecule has 1 aromatic carbocycles. The van der Waals surface area contributed by atoms with E-state index in [2.05, 4.69) is 5.32 Å². The maximum atomic E-state index is 12.5. The standard InChI is InChI=1S/C17H22N2O3/c1-4-14-17(21)18-9-10-19(14)16(20)11-12(2)13-7-5-6-8-15(13)22-3/h5-8,11,14H,4,9-10H2,1-3H3,(H,18,21)/b12-11-. The summed E-state index contributed by atoms with van der Waals surface area (Å²) in [5.41, 5.74) is 1.70. The van der Waals surface area contributed by atoms with E-state index in [0.717, 1.165) is 16.9 Å². The van der Waals surface area contributed by atoms with E-state index in [9.17, 15) is 9.59 Å². The van der Waals surface area contributed by atoms with Crippen LogP contribution in [0.1, 0.15) is 25.8 Å². The van der Waals surface area contributed by atoms with E-state index in [1.807, 2.05) is 38.1 Å². The minimum atomic E-state index is -0.386. The fraction of sp³-hybridized carbons (Fsp3) is 0.412. The van der Waals surface area contributed by atoms with Crippen LogP contribution < -0.4 is 10.1 Å². The highest BCUT2D eigenvalue weighted by atomic mass is 16.5. The van der Waals surface area contributed by atoms with Crippen LogP contribution in [0.15, 0.2) is 30.3 Å². The third-order valence-electron chi connectivity index (χ3n) is 3.87. The molecule has 1 aromatic rings. The zero-order valence-corrected chi connectivity index (χ0v) is 13.3.